The molecule has 0 fully saturated rings. The maximum atomic E-state index is 6.31. The Kier molecular flexibility index (Phi) is 3.06. The molecule has 0 atom stereocenters. The van der Waals surface area contributed by atoms with E-state index in [-0.39, 0.29) is 0 Å². The molecule has 3 heteroatoms. The lowest BCUT2D eigenvalue weighted by molar-refractivity contribution is 0.663. The van der Waals surface area contributed by atoms with E-state index < -0.39 is 0 Å². The number of halogens is 1. The van der Waals surface area contributed by atoms with Crippen LogP contribution in [0.4, 0.5) is 0 Å². The van der Waals surface area contributed by atoms with Gasteiger partial charge in [-0.2, -0.15) is 0 Å². The number of rotatable bonds is 1. The first-order chi connectivity index (χ1) is 13.3. The average Bonchev–Trinajstić information content (AvgIpc) is 3.25. The zero-order valence-corrected chi connectivity index (χ0v) is 15.8. The molecule has 6 rings (SSSR count). The highest BCUT2D eigenvalue weighted by Crippen LogP contribution is 2.44. The van der Waals surface area contributed by atoms with Crippen LogP contribution in [-0.4, -0.2) is 0 Å². The fourth-order valence-electron chi connectivity index (χ4n) is 3.94. The highest BCUT2D eigenvalue weighted by Gasteiger charge is 2.20. The van der Waals surface area contributed by atoms with Gasteiger partial charge in [-0.25, -0.2) is 0 Å². The van der Waals surface area contributed by atoms with Gasteiger partial charge in [-0.15, -0.1) is 0 Å². The molecule has 2 heterocycles. The van der Waals surface area contributed by atoms with Crippen molar-refractivity contribution in [3.05, 3.63) is 83.3 Å². The maximum Gasteiger partial charge on any atom is 0.147 e. The molecule has 27 heavy (non-hydrogen) atoms. The van der Waals surface area contributed by atoms with Crippen molar-refractivity contribution in [2.75, 3.05) is 0 Å². The highest BCUT2D eigenvalue weighted by atomic mass is 79.9. The fraction of sp³-hybridized carbons (Fsp3) is 0. The van der Waals surface area contributed by atoms with Gasteiger partial charge in [0.05, 0.1) is 5.39 Å². The third-order valence-electron chi connectivity index (χ3n) is 5.13. The number of para-hydroxylation sites is 2. The summed E-state index contributed by atoms with van der Waals surface area (Å²) in [6.07, 6.45) is 0. The Morgan fingerprint density at radius 2 is 1.30 bits per heavy atom. The average molecular weight is 413 g/mol. The zero-order valence-electron chi connectivity index (χ0n) is 14.2. The van der Waals surface area contributed by atoms with Gasteiger partial charge in [-0.05, 0) is 35.9 Å². The van der Waals surface area contributed by atoms with Gasteiger partial charge in [0.1, 0.15) is 22.3 Å². The van der Waals surface area contributed by atoms with Gasteiger partial charge in [0.15, 0.2) is 0 Å². The minimum absolute atomic E-state index is 0.862. The van der Waals surface area contributed by atoms with Gasteiger partial charge in [-0.3, -0.25) is 0 Å². The van der Waals surface area contributed by atoms with Crippen LogP contribution in [0.25, 0.3) is 55.0 Å². The predicted octanol–water partition coefficient (Wildman–Crippen LogP) is 7.91. The lowest BCUT2D eigenvalue weighted by Gasteiger charge is -2.05. The Balaban J connectivity index is 1.90. The molecule has 2 nitrogen and oxygen atoms in total. The Hall–Kier alpha value is -3.04. The largest absolute Gasteiger partial charge is 0.455 e. The molecule has 0 saturated heterocycles. The molecule has 0 unspecified atom stereocenters. The molecule has 0 aliphatic rings. The molecule has 4 aromatic carbocycles. The van der Waals surface area contributed by atoms with Crippen LogP contribution in [0.5, 0.6) is 0 Å². The first kappa shape index (κ1) is 15.1. The molecule has 0 amide bonds. The Labute approximate surface area is 163 Å². The lowest BCUT2D eigenvalue weighted by atomic mass is 9.99. The van der Waals surface area contributed by atoms with Gasteiger partial charge in [0.25, 0.3) is 0 Å². The van der Waals surface area contributed by atoms with Gasteiger partial charge in [0, 0.05) is 26.2 Å². The van der Waals surface area contributed by atoms with Crippen LogP contribution in [0.2, 0.25) is 0 Å². The van der Waals surface area contributed by atoms with Crippen LogP contribution in [0.1, 0.15) is 0 Å². The summed E-state index contributed by atoms with van der Waals surface area (Å²) in [5.74, 6) is 0. The Morgan fingerprint density at radius 1 is 0.593 bits per heavy atom. The number of fused-ring (bicyclic) bond motifs is 7. The van der Waals surface area contributed by atoms with Crippen LogP contribution in [0.3, 0.4) is 0 Å². The van der Waals surface area contributed by atoms with E-state index in [1.807, 2.05) is 48.5 Å². The van der Waals surface area contributed by atoms with Gasteiger partial charge < -0.3 is 8.83 Å². The minimum Gasteiger partial charge on any atom is -0.455 e. The maximum absolute atomic E-state index is 6.31. The summed E-state index contributed by atoms with van der Waals surface area (Å²) >= 11 is 3.59. The van der Waals surface area contributed by atoms with Crippen molar-refractivity contribution < 1.29 is 8.83 Å². The van der Waals surface area contributed by atoms with Gasteiger partial charge in [-0.1, -0.05) is 64.5 Å². The van der Waals surface area contributed by atoms with Crippen molar-refractivity contribution >= 4 is 59.8 Å². The second kappa shape index (κ2) is 5.48. The smallest absolute Gasteiger partial charge is 0.147 e. The van der Waals surface area contributed by atoms with Gasteiger partial charge in [0.2, 0.25) is 0 Å². The molecule has 0 bridgehead atoms. The van der Waals surface area contributed by atoms with Crippen LogP contribution in [-0.2, 0) is 0 Å². The summed E-state index contributed by atoms with van der Waals surface area (Å²) in [5, 5.41) is 4.35. The molecular formula is C24H13BrO2. The summed E-state index contributed by atoms with van der Waals surface area (Å²) < 4.78 is 13.6. The molecule has 0 spiro atoms. The van der Waals surface area contributed by atoms with Crippen molar-refractivity contribution in [2.24, 2.45) is 0 Å². The number of furan rings is 2. The SMILES string of the molecule is Brc1cccc(-c2cc3c4ccccc4oc3c3c2oc2ccccc23)c1. The van der Waals surface area contributed by atoms with Crippen molar-refractivity contribution in [1.82, 2.24) is 0 Å². The first-order valence-electron chi connectivity index (χ1n) is 8.81. The van der Waals surface area contributed by atoms with Crippen molar-refractivity contribution in [2.45, 2.75) is 0 Å². The predicted molar refractivity (Wildman–Crippen MR) is 114 cm³/mol. The summed E-state index contributed by atoms with van der Waals surface area (Å²) in [7, 11) is 0. The standard InChI is InChI=1S/C24H13BrO2/c25-15-7-5-6-14(12-15)18-13-19-16-8-1-3-10-20(16)26-24(19)22-17-9-2-4-11-21(17)27-23(18)22/h1-13H. The van der Waals surface area contributed by atoms with Crippen molar-refractivity contribution in [3.63, 3.8) is 0 Å². The Bertz CT molecular complexity index is 1490. The zero-order chi connectivity index (χ0) is 18.0. The van der Waals surface area contributed by atoms with Crippen molar-refractivity contribution in [1.29, 1.82) is 0 Å². The summed E-state index contributed by atoms with van der Waals surface area (Å²) in [5.41, 5.74) is 5.69. The molecule has 2 aromatic heterocycles. The summed E-state index contributed by atoms with van der Waals surface area (Å²) in [6.45, 7) is 0. The molecule has 0 aliphatic carbocycles. The van der Waals surface area contributed by atoms with E-state index in [0.717, 1.165) is 59.5 Å². The lowest BCUT2D eigenvalue weighted by Crippen LogP contribution is -1.80. The van der Waals surface area contributed by atoms with E-state index in [0.29, 0.717) is 0 Å². The van der Waals surface area contributed by atoms with E-state index in [1.165, 1.54) is 0 Å². The van der Waals surface area contributed by atoms with E-state index in [2.05, 4.69) is 46.3 Å². The molecule has 128 valence electrons. The summed E-state index contributed by atoms with van der Waals surface area (Å²) in [6, 6.07) is 26.8. The second-order valence-corrected chi connectivity index (χ2v) is 7.63. The van der Waals surface area contributed by atoms with E-state index in [9.17, 15) is 0 Å². The first-order valence-corrected chi connectivity index (χ1v) is 9.60. The molecule has 0 N–H and O–H groups in total. The van der Waals surface area contributed by atoms with Crippen LogP contribution >= 0.6 is 15.9 Å². The quantitative estimate of drug-likeness (QED) is 0.274. The monoisotopic (exact) mass is 412 g/mol. The molecular weight excluding hydrogens is 400 g/mol. The minimum atomic E-state index is 0.862. The fourth-order valence-corrected chi connectivity index (χ4v) is 4.33. The number of hydrogen-bond acceptors (Lipinski definition) is 2. The number of hydrogen-bond donors (Lipinski definition) is 0. The number of benzene rings is 4. The van der Waals surface area contributed by atoms with Crippen molar-refractivity contribution in [3.8, 4) is 11.1 Å². The highest BCUT2D eigenvalue weighted by molar-refractivity contribution is 9.10. The van der Waals surface area contributed by atoms with Gasteiger partial charge >= 0.3 is 0 Å². The molecule has 6 aromatic rings. The second-order valence-electron chi connectivity index (χ2n) is 6.71. The van der Waals surface area contributed by atoms with Crippen LogP contribution in [0.15, 0.2) is 92.2 Å². The molecule has 0 radical (unpaired) electrons. The van der Waals surface area contributed by atoms with E-state index in [4.69, 9.17) is 8.83 Å². The van der Waals surface area contributed by atoms with E-state index >= 15 is 0 Å². The van der Waals surface area contributed by atoms with Crippen LogP contribution in [0, 0.1) is 0 Å². The third kappa shape index (κ3) is 2.12. The van der Waals surface area contributed by atoms with E-state index in [1.54, 1.807) is 0 Å². The molecule has 0 saturated carbocycles. The third-order valence-corrected chi connectivity index (χ3v) is 5.62. The van der Waals surface area contributed by atoms with Crippen LogP contribution < -0.4 is 0 Å². The topological polar surface area (TPSA) is 26.3 Å². The Morgan fingerprint density at radius 3 is 2.11 bits per heavy atom. The normalized spacial score (nSPS) is 11.9. The summed E-state index contributed by atoms with van der Waals surface area (Å²) in [4.78, 5) is 0. The molecule has 0 aliphatic heterocycles.